The lowest BCUT2D eigenvalue weighted by Gasteiger charge is -2.07. The van der Waals surface area contributed by atoms with Crippen LogP contribution in [0.2, 0.25) is 0 Å². The molecule has 0 fully saturated rings. The van der Waals surface area contributed by atoms with Crippen molar-refractivity contribution < 1.29 is 9.90 Å². The molecule has 0 spiro atoms. The maximum Gasteiger partial charge on any atom is 0.234 e. The summed E-state index contributed by atoms with van der Waals surface area (Å²) in [5.41, 5.74) is 1.96. The van der Waals surface area contributed by atoms with Gasteiger partial charge in [-0.2, -0.15) is 0 Å². The highest BCUT2D eigenvalue weighted by atomic mass is 32.2. The molecule has 5 heteroatoms. The van der Waals surface area contributed by atoms with Crippen LogP contribution >= 0.6 is 23.1 Å². The van der Waals surface area contributed by atoms with Crippen molar-refractivity contribution >= 4 is 34.7 Å². The van der Waals surface area contributed by atoms with E-state index in [2.05, 4.69) is 11.4 Å². The van der Waals surface area contributed by atoms with Crippen LogP contribution in [-0.4, -0.2) is 23.4 Å². The van der Waals surface area contributed by atoms with E-state index in [9.17, 15) is 4.79 Å². The van der Waals surface area contributed by atoms with Gasteiger partial charge in [0.2, 0.25) is 5.91 Å². The number of rotatable bonds is 8. The molecule has 2 N–H and O–H groups in total. The summed E-state index contributed by atoms with van der Waals surface area (Å²) in [5.74, 6) is 1.36. The molecule has 1 amide bonds. The fraction of sp³-hybridized carbons (Fsp3) is 0.312. The molecule has 21 heavy (non-hydrogen) atoms. The Bertz CT molecular complexity index is 555. The minimum atomic E-state index is 0.0239. The third-order valence-electron chi connectivity index (χ3n) is 2.89. The number of nitrogens with one attached hydrogen (secondary N) is 1. The minimum absolute atomic E-state index is 0.0239. The predicted octanol–water partition coefficient (Wildman–Crippen LogP) is 3.54. The highest BCUT2D eigenvalue weighted by Crippen LogP contribution is 2.18. The second kappa shape index (κ2) is 8.87. The number of anilines is 1. The zero-order chi connectivity index (χ0) is 14.9. The van der Waals surface area contributed by atoms with Crippen LogP contribution < -0.4 is 5.32 Å². The molecule has 0 aliphatic rings. The number of thiophene rings is 1. The van der Waals surface area contributed by atoms with E-state index >= 15 is 0 Å². The van der Waals surface area contributed by atoms with E-state index in [0.29, 0.717) is 5.75 Å². The first kappa shape index (κ1) is 16.1. The molecular formula is C16H19NO2S2. The van der Waals surface area contributed by atoms with E-state index in [-0.39, 0.29) is 12.5 Å². The average molecular weight is 321 g/mol. The van der Waals surface area contributed by atoms with Gasteiger partial charge >= 0.3 is 0 Å². The number of thioether (sulfide) groups is 1. The Morgan fingerprint density at radius 2 is 2.19 bits per heavy atom. The molecule has 0 saturated heterocycles. The number of benzene rings is 1. The van der Waals surface area contributed by atoms with E-state index in [1.165, 1.54) is 4.88 Å². The molecule has 2 rings (SSSR count). The molecule has 1 aromatic carbocycles. The first-order valence-corrected chi connectivity index (χ1v) is 8.91. The van der Waals surface area contributed by atoms with Crippen molar-refractivity contribution in [2.24, 2.45) is 0 Å². The highest BCUT2D eigenvalue weighted by Gasteiger charge is 2.04. The zero-order valence-electron chi connectivity index (χ0n) is 11.7. The number of aryl methyl sites for hydroxylation is 1. The van der Waals surface area contributed by atoms with Crippen molar-refractivity contribution in [3.8, 4) is 0 Å². The summed E-state index contributed by atoms with van der Waals surface area (Å²) < 4.78 is 0. The standard InChI is InChI=1S/C16H19NO2S2/c18-8-2-5-13-4-1-6-14(10-13)17-16(19)12-20-11-15-7-3-9-21-15/h1,3-4,6-7,9-10,18H,2,5,8,11-12H2,(H,17,19). The number of hydrogen-bond acceptors (Lipinski definition) is 4. The number of aliphatic hydroxyl groups excluding tert-OH is 1. The van der Waals surface area contributed by atoms with E-state index in [1.807, 2.05) is 35.7 Å². The fourth-order valence-electron chi connectivity index (χ4n) is 1.92. The average Bonchev–Trinajstić information content (AvgIpc) is 2.99. The molecule has 0 aliphatic heterocycles. The third kappa shape index (κ3) is 5.91. The second-order valence-corrected chi connectivity index (χ2v) is 6.67. The molecule has 0 aliphatic carbocycles. The Morgan fingerprint density at radius 1 is 1.29 bits per heavy atom. The topological polar surface area (TPSA) is 49.3 Å². The van der Waals surface area contributed by atoms with Crippen molar-refractivity contribution in [3.05, 3.63) is 52.2 Å². The Kier molecular flexibility index (Phi) is 6.79. The van der Waals surface area contributed by atoms with Gasteiger partial charge in [0.15, 0.2) is 0 Å². The monoisotopic (exact) mass is 321 g/mol. The zero-order valence-corrected chi connectivity index (χ0v) is 13.4. The van der Waals surface area contributed by atoms with Crippen LogP contribution in [0.4, 0.5) is 5.69 Å². The number of carbonyl (C=O) groups excluding carboxylic acids is 1. The maximum atomic E-state index is 11.9. The smallest absolute Gasteiger partial charge is 0.234 e. The molecular weight excluding hydrogens is 302 g/mol. The lowest BCUT2D eigenvalue weighted by Crippen LogP contribution is -2.14. The number of aliphatic hydroxyl groups is 1. The van der Waals surface area contributed by atoms with Crippen molar-refractivity contribution in [1.82, 2.24) is 0 Å². The van der Waals surface area contributed by atoms with Gasteiger partial charge in [-0.05, 0) is 42.0 Å². The van der Waals surface area contributed by atoms with Gasteiger partial charge in [-0.3, -0.25) is 4.79 Å². The van der Waals surface area contributed by atoms with Crippen molar-refractivity contribution in [2.45, 2.75) is 18.6 Å². The van der Waals surface area contributed by atoms with E-state index in [0.717, 1.165) is 29.8 Å². The van der Waals surface area contributed by atoms with Gasteiger partial charge in [0.25, 0.3) is 0 Å². The Labute approximate surface area is 133 Å². The molecule has 112 valence electrons. The normalized spacial score (nSPS) is 10.5. The summed E-state index contributed by atoms with van der Waals surface area (Å²) in [6.45, 7) is 0.190. The summed E-state index contributed by atoms with van der Waals surface area (Å²) in [4.78, 5) is 13.2. The highest BCUT2D eigenvalue weighted by molar-refractivity contribution is 7.99. The van der Waals surface area contributed by atoms with Crippen molar-refractivity contribution in [2.75, 3.05) is 17.7 Å². The first-order valence-electron chi connectivity index (χ1n) is 6.87. The predicted molar refractivity (Wildman–Crippen MR) is 91.0 cm³/mol. The van der Waals surface area contributed by atoms with Crippen molar-refractivity contribution in [3.63, 3.8) is 0 Å². The summed E-state index contributed by atoms with van der Waals surface area (Å²) in [5, 5.41) is 13.8. The van der Waals surface area contributed by atoms with Crippen LogP contribution in [0, 0.1) is 0 Å². The van der Waals surface area contributed by atoms with Gasteiger partial charge in [-0.25, -0.2) is 0 Å². The molecule has 2 aromatic rings. The third-order valence-corrected chi connectivity index (χ3v) is 4.93. The van der Waals surface area contributed by atoms with Crippen LogP contribution in [0.15, 0.2) is 41.8 Å². The van der Waals surface area contributed by atoms with E-state index in [4.69, 9.17) is 5.11 Å². The largest absolute Gasteiger partial charge is 0.396 e. The lowest BCUT2D eigenvalue weighted by atomic mass is 10.1. The Balaban J connectivity index is 1.76. The summed E-state index contributed by atoms with van der Waals surface area (Å²) in [7, 11) is 0. The molecule has 0 bridgehead atoms. The molecule has 0 radical (unpaired) electrons. The quantitative estimate of drug-likeness (QED) is 0.782. The molecule has 1 heterocycles. The second-order valence-electron chi connectivity index (χ2n) is 4.65. The van der Waals surface area contributed by atoms with Crippen LogP contribution in [0.25, 0.3) is 0 Å². The van der Waals surface area contributed by atoms with Crippen molar-refractivity contribution in [1.29, 1.82) is 0 Å². The summed E-state index contributed by atoms with van der Waals surface area (Å²) in [6, 6.07) is 11.9. The van der Waals surface area contributed by atoms with Gasteiger partial charge in [0.05, 0.1) is 5.75 Å². The van der Waals surface area contributed by atoms with Crippen LogP contribution in [0.5, 0.6) is 0 Å². The first-order chi connectivity index (χ1) is 10.3. The van der Waals surface area contributed by atoms with Gasteiger partial charge in [0, 0.05) is 22.9 Å². The van der Waals surface area contributed by atoms with E-state index < -0.39 is 0 Å². The van der Waals surface area contributed by atoms with Crippen LogP contribution in [0.1, 0.15) is 16.9 Å². The maximum absolute atomic E-state index is 11.9. The molecule has 0 saturated carbocycles. The van der Waals surface area contributed by atoms with Crippen LogP contribution in [0.3, 0.4) is 0 Å². The minimum Gasteiger partial charge on any atom is -0.396 e. The van der Waals surface area contributed by atoms with Gasteiger partial charge in [0.1, 0.15) is 0 Å². The van der Waals surface area contributed by atoms with Gasteiger partial charge in [-0.15, -0.1) is 23.1 Å². The summed E-state index contributed by atoms with van der Waals surface area (Å²) in [6.07, 6.45) is 1.57. The SMILES string of the molecule is O=C(CSCc1cccs1)Nc1cccc(CCCO)c1. The molecule has 0 unspecified atom stereocenters. The number of carbonyl (C=O) groups is 1. The molecule has 3 nitrogen and oxygen atoms in total. The fourth-order valence-corrected chi connectivity index (χ4v) is 3.59. The van der Waals surface area contributed by atoms with Gasteiger partial charge in [-0.1, -0.05) is 18.2 Å². The Hall–Kier alpha value is -1.30. The molecule has 1 aromatic heterocycles. The van der Waals surface area contributed by atoms with Gasteiger partial charge < -0.3 is 10.4 Å². The lowest BCUT2D eigenvalue weighted by molar-refractivity contribution is -0.113. The molecule has 0 atom stereocenters. The van der Waals surface area contributed by atoms with Crippen LogP contribution in [-0.2, 0) is 17.0 Å². The number of amides is 1. The summed E-state index contributed by atoms with van der Waals surface area (Å²) >= 11 is 3.34. The van der Waals surface area contributed by atoms with E-state index in [1.54, 1.807) is 23.1 Å². The number of hydrogen-bond donors (Lipinski definition) is 2. The Morgan fingerprint density at radius 3 is 2.95 bits per heavy atom.